The van der Waals surface area contributed by atoms with Crippen molar-refractivity contribution in [1.82, 2.24) is 15.3 Å². The first kappa shape index (κ1) is 13.2. The molecule has 3 rings (SSSR count). The van der Waals surface area contributed by atoms with Crippen molar-refractivity contribution >= 4 is 22.6 Å². The molecule has 2 N–H and O–H groups in total. The Hall–Kier alpha value is -1.84. The molecule has 0 aliphatic carbocycles. The van der Waals surface area contributed by atoms with E-state index in [-0.39, 0.29) is 0 Å². The summed E-state index contributed by atoms with van der Waals surface area (Å²) < 4.78 is 0. The third-order valence-electron chi connectivity index (χ3n) is 3.20. The molecule has 0 amide bonds. The molecule has 4 heteroatoms. The van der Waals surface area contributed by atoms with Crippen LogP contribution >= 0.6 is 11.6 Å². The number of imidazole rings is 1. The Morgan fingerprint density at radius 1 is 1.10 bits per heavy atom. The quantitative estimate of drug-likeness (QED) is 0.704. The van der Waals surface area contributed by atoms with Crippen LogP contribution in [0.15, 0.2) is 48.5 Å². The van der Waals surface area contributed by atoms with Gasteiger partial charge < -0.3 is 10.3 Å². The van der Waals surface area contributed by atoms with Gasteiger partial charge in [-0.2, -0.15) is 0 Å². The standard InChI is InChI=1S/C16H16ClN3/c17-13-5-3-4-12(10-13)11-18-9-8-16-19-14-6-1-2-7-15(14)20-16/h1-7,10,18H,8-9,11H2,(H,19,20). The van der Waals surface area contributed by atoms with Crippen LogP contribution in [0.3, 0.4) is 0 Å². The molecule has 0 unspecified atom stereocenters. The number of para-hydroxylation sites is 2. The van der Waals surface area contributed by atoms with Gasteiger partial charge in [0.2, 0.25) is 0 Å². The van der Waals surface area contributed by atoms with Gasteiger partial charge in [0.15, 0.2) is 0 Å². The van der Waals surface area contributed by atoms with Crippen LogP contribution in [0.25, 0.3) is 11.0 Å². The van der Waals surface area contributed by atoms with Crippen molar-refractivity contribution < 1.29 is 0 Å². The largest absolute Gasteiger partial charge is 0.342 e. The molecular formula is C16H16ClN3. The lowest BCUT2D eigenvalue weighted by molar-refractivity contribution is 0.675. The molecule has 3 aromatic rings. The fourth-order valence-electron chi connectivity index (χ4n) is 2.21. The first-order valence-corrected chi connectivity index (χ1v) is 7.08. The molecule has 0 fully saturated rings. The Labute approximate surface area is 123 Å². The Morgan fingerprint density at radius 3 is 2.85 bits per heavy atom. The number of nitrogens with one attached hydrogen (secondary N) is 2. The Kier molecular flexibility index (Phi) is 4.00. The van der Waals surface area contributed by atoms with E-state index in [1.54, 1.807) is 0 Å². The van der Waals surface area contributed by atoms with Crippen LogP contribution in [0.5, 0.6) is 0 Å². The number of benzene rings is 2. The summed E-state index contributed by atoms with van der Waals surface area (Å²) in [6, 6.07) is 16.0. The zero-order valence-corrected chi connectivity index (χ0v) is 11.8. The van der Waals surface area contributed by atoms with Crippen molar-refractivity contribution in [2.75, 3.05) is 6.54 Å². The van der Waals surface area contributed by atoms with E-state index >= 15 is 0 Å². The summed E-state index contributed by atoms with van der Waals surface area (Å²) in [6.45, 7) is 1.70. The zero-order valence-electron chi connectivity index (χ0n) is 11.1. The molecule has 0 saturated carbocycles. The van der Waals surface area contributed by atoms with Crippen LogP contribution in [-0.2, 0) is 13.0 Å². The van der Waals surface area contributed by atoms with Gasteiger partial charge in [-0.3, -0.25) is 0 Å². The van der Waals surface area contributed by atoms with Gasteiger partial charge in [-0.05, 0) is 29.8 Å². The highest BCUT2D eigenvalue weighted by Gasteiger charge is 2.01. The topological polar surface area (TPSA) is 40.7 Å². The molecule has 1 aromatic heterocycles. The van der Waals surface area contributed by atoms with Crippen LogP contribution < -0.4 is 5.32 Å². The fourth-order valence-corrected chi connectivity index (χ4v) is 2.42. The molecule has 1 heterocycles. The predicted octanol–water partition coefficient (Wildman–Crippen LogP) is 3.55. The SMILES string of the molecule is Clc1cccc(CNCCc2nc3ccccc3[nH]2)c1. The number of aromatic amines is 1. The summed E-state index contributed by atoms with van der Waals surface area (Å²) in [5.74, 6) is 1.02. The number of hydrogen-bond donors (Lipinski definition) is 2. The number of rotatable bonds is 5. The molecule has 102 valence electrons. The number of nitrogens with zero attached hydrogens (tertiary/aromatic N) is 1. The third kappa shape index (κ3) is 3.18. The smallest absolute Gasteiger partial charge is 0.108 e. The van der Waals surface area contributed by atoms with Gasteiger partial charge in [-0.15, -0.1) is 0 Å². The molecule has 0 atom stereocenters. The third-order valence-corrected chi connectivity index (χ3v) is 3.43. The highest BCUT2D eigenvalue weighted by Crippen LogP contribution is 2.11. The van der Waals surface area contributed by atoms with E-state index in [0.29, 0.717) is 0 Å². The van der Waals surface area contributed by atoms with Crippen molar-refractivity contribution in [3.63, 3.8) is 0 Å². The normalized spacial score (nSPS) is 11.1. The van der Waals surface area contributed by atoms with E-state index in [4.69, 9.17) is 11.6 Å². The van der Waals surface area contributed by atoms with Gasteiger partial charge in [0.05, 0.1) is 11.0 Å². The van der Waals surface area contributed by atoms with Crippen LogP contribution in [-0.4, -0.2) is 16.5 Å². The van der Waals surface area contributed by atoms with Gasteiger partial charge in [0.25, 0.3) is 0 Å². The minimum atomic E-state index is 0.779. The van der Waals surface area contributed by atoms with Crippen molar-refractivity contribution in [2.45, 2.75) is 13.0 Å². The molecule has 3 nitrogen and oxygen atoms in total. The molecule has 0 aliphatic rings. The van der Waals surface area contributed by atoms with E-state index in [9.17, 15) is 0 Å². The second kappa shape index (κ2) is 6.07. The maximum absolute atomic E-state index is 5.96. The molecular weight excluding hydrogens is 270 g/mol. The first-order chi connectivity index (χ1) is 9.81. The van der Waals surface area contributed by atoms with Crippen molar-refractivity contribution in [3.05, 3.63) is 64.9 Å². The average molecular weight is 286 g/mol. The second-order valence-corrected chi connectivity index (χ2v) is 5.19. The number of fused-ring (bicyclic) bond motifs is 1. The molecule has 0 saturated heterocycles. The number of hydrogen-bond acceptors (Lipinski definition) is 2. The van der Waals surface area contributed by atoms with Gasteiger partial charge in [-0.25, -0.2) is 4.98 Å². The minimum Gasteiger partial charge on any atom is -0.342 e. The van der Waals surface area contributed by atoms with Crippen LogP contribution in [0, 0.1) is 0 Å². The monoisotopic (exact) mass is 285 g/mol. The lowest BCUT2D eigenvalue weighted by Crippen LogP contribution is -2.17. The van der Waals surface area contributed by atoms with E-state index in [2.05, 4.69) is 21.4 Å². The molecule has 0 aliphatic heterocycles. The summed E-state index contributed by atoms with van der Waals surface area (Å²) in [5, 5.41) is 4.18. The highest BCUT2D eigenvalue weighted by atomic mass is 35.5. The van der Waals surface area contributed by atoms with E-state index < -0.39 is 0 Å². The molecule has 2 aromatic carbocycles. The predicted molar refractivity (Wildman–Crippen MR) is 83.0 cm³/mol. The maximum Gasteiger partial charge on any atom is 0.108 e. The lowest BCUT2D eigenvalue weighted by atomic mass is 10.2. The number of H-pyrrole nitrogens is 1. The fraction of sp³-hybridized carbons (Fsp3) is 0.188. The van der Waals surface area contributed by atoms with E-state index in [1.807, 2.05) is 42.5 Å². The molecule has 20 heavy (non-hydrogen) atoms. The number of halogens is 1. The zero-order chi connectivity index (χ0) is 13.8. The summed E-state index contributed by atoms with van der Waals surface area (Å²) in [7, 11) is 0. The van der Waals surface area contributed by atoms with Crippen LogP contribution in [0.1, 0.15) is 11.4 Å². The van der Waals surface area contributed by atoms with Gasteiger partial charge >= 0.3 is 0 Å². The van der Waals surface area contributed by atoms with E-state index in [1.165, 1.54) is 5.56 Å². The highest BCUT2D eigenvalue weighted by molar-refractivity contribution is 6.30. The summed E-state index contributed by atoms with van der Waals surface area (Å²) in [4.78, 5) is 7.89. The minimum absolute atomic E-state index is 0.779. The molecule has 0 spiro atoms. The first-order valence-electron chi connectivity index (χ1n) is 6.70. The van der Waals surface area contributed by atoms with E-state index in [0.717, 1.165) is 41.4 Å². The second-order valence-electron chi connectivity index (χ2n) is 4.76. The summed E-state index contributed by atoms with van der Waals surface area (Å²) >= 11 is 5.96. The molecule has 0 radical (unpaired) electrons. The summed E-state index contributed by atoms with van der Waals surface area (Å²) in [5.41, 5.74) is 3.32. The summed E-state index contributed by atoms with van der Waals surface area (Å²) in [6.07, 6.45) is 0.884. The van der Waals surface area contributed by atoms with Crippen molar-refractivity contribution in [2.24, 2.45) is 0 Å². The van der Waals surface area contributed by atoms with Crippen molar-refractivity contribution in [3.8, 4) is 0 Å². The van der Waals surface area contributed by atoms with Gasteiger partial charge in [-0.1, -0.05) is 35.9 Å². The van der Waals surface area contributed by atoms with Crippen LogP contribution in [0.4, 0.5) is 0 Å². The average Bonchev–Trinajstić information content (AvgIpc) is 2.86. The van der Waals surface area contributed by atoms with Crippen molar-refractivity contribution in [1.29, 1.82) is 0 Å². The van der Waals surface area contributed by atoms with Crippen LogP contribution in [0.2, 0.25) is 5.02 Å². The Balaban J connectivity index is 1.52. The Bertz CT molecular complexity index is 673. The molecule has 0 bridgehead atoms. The number of aromatic nitrogens is 2. The van der Waals surface area contributed by atoms with Gasteiger partial charge in [0, 0.05) is 24.5 Å². The van der Waals surface area contributed by atoms with Gasteiger partial charge in [0.1, 0.15) is 5.82 Å². The maximum atomic E-state index is 5.96. The lowest BCUT2D eigenvalue weighted by Gasteiger charge is -2.04. The Morgan fingerprint density at radius 2 is 2.00 bits per heavy atom.